The number of carbonyl (C=O) groups is 1. The van der Waals surface area contributed by atoms with Crippen LogP contribution < -0.4 is 5.32 Å². The van der Waals surface area contributed by atoms with Crippen molar-refractivity contribution in [3.63, 3.8) is 0 Å². The van der Waals surface area contributed by atoms with Crippen LogP contribution in [0.1, 0.15) is 45.4 Å². The molecule has 3 aromatic heterocycles. The number of aromatic nitrogens is 4. The van der Waals surface area contributed by atoms with E-state index in [-0.39, 0.29) is 16.7 Å². The van der Waals surface area contributed by atoms with Gasteiger partial charge in [0.15, 0.2) is 11.5 Å². The summed E-state index contributed by atoms with van der Waals surface area (Å²) in [4.78, 5) is 14.1. The highest BCUT2D eigenvalue weighted by Crippen LogP contribution is 2.55. The Morgan fingerprint density at radius 1 is 1.17 bits per heavy atom. The Morgan fingerprint density at radius 3 is 2.57 bits per heavy atom. The molecule has 6 nitrogen and oxygen atoms in total. The Balaban J connectivity index is 1.19. The standard InChI is InChI=1S/C22H25N5OS2/c1-13(21(28)23-22-10-14-7-15(11-22)9-16(8-14)12-22)30-19-5-4-18-24-25-20(27(18)26-19)17-3-2-6-29-17/h2-6,13-16H,7-12H2,1H3,(H,23,28)/t13?,14-,15-,16-,22?. The number of thiophene rings is 1. The average molecular weight is 440 g/mol. The molecule has 4 aliphatic rings. The lowest BCUT2D eigenvalue weighted by atomic mass is 9.53. The molecular weight excluding hydrogens is 414 g/mol. The van der Waals surface area contributed by atoms with Crippen molar-refractivity contribution in [1.29, 1.82) is 0 Å². The van der Waals surface area contributed by atoms with Crippen LogP contribution >= 0.6 is 23.1 Å². The molecule has 4 saturated carbocycles. The van der Waals surface area contributed by atoms with Gasteiger partial charge >= 0.3 is 0 Å². The van der Waals surface area contributed by atoms with E-state index in [0.29, 0.717) is 5.65 Å². The zero-order valence-electron chi connectivity index (χ0n) is 17.0. The van der Waals surface area contributed by atoms with Crippen LogP contribution in [0.5, 0.6) is 0 Å². The molecule has 3 aromatic rings. The molecule has 1 unspecified atom stereocenters. The summed E-state index contributed by atoms with van der Waals surface area (Å²) in [6.45, 7) is 1.98. The van der Waals surface area contributed by atoms with Gasteiger partial charge in [-0.3, -0.25) is 4.79 Å². The first-order valence-electron chi connectivity index (χ1n) is 10.8. The van der Waals surface area contributed by atoms with Crippen molar-refractivity contribution in [2.24, 2.45) is 17.8 Å². The molecule has 4 bridgehead atoms. The van der Waals surface area contributed by atoms with Crippen molar-refractivity contribution >= 4 is 34.7 Å². The summed E-state index contributed by atoms with van der Waals surface area (Å²) in [6, 6.07) is 7.87. The highest BCUT2D eigenvalue weighted by molar-refractivity contribution is 8.00. The third-order valence-corrected chi connectivity index (χ3v) is 8.97. The van der Waals surface area contributed by atoms with Crippen molar-refractivity contribution < 1.29 is 4.79 Å². The lowest BCUT2D eigenvalue weighted by molar-refractivity contribution is -0.126. The van der Waals surface area contributed by atoms with Gasteiger partial charge in [-0.25, -0.2) is 0 Å². The lowest BCUT2D eigenvalue weighted by Gasteiger charge is -2.57. The van der Waals surface area contributed by atoms with Crippen molar-refractivity contribution in [1.82, 2.24) is 25.1 Å². The summed E-state index contributed by atoms with van der Waals surface area (Å²) < 4.78 is 1.78. The number of nitrogens with zero attached hydrogens (tertiary/aromatic N) is 4. The molecule has 0 aliphatic heterocycles. The molecule has 8 heteroatoms. The van der Waals surface area contributed by atoms with Crippen LogP contribution in [0.3, 0.4) is 0 Å². The van der Waals surface area contributed by atoms with Crippen LogP contribution in [0.2, 0.25) is 0 Å². The fourth-order valence-corrected chi connectivity index (χ4v) is 7.75. The smallest absolute Gasteiger partial charge is 0.233 e. The van der Waals surface area contributed by atoms with Gasteiger partial charge < -0.3 is 5.32 Å². The maximum Gasteiger partial charge on any atom is 0.233 e. The van der Waals surface area contributed by atoms with Crippen molar-refractivity contribution in [2.75, 3.05) is 0 Å². The molecule has 1 atom stereocenters. The highest BCUT2D eigenvalue weighted by atomic mass is 32.2. The molecule has 0 saturated heterocycles. The minimum atomic E-state index is -0.190. The van der Waals surface area contributed by atoms with Crippen LogP contribution in [0, 0.1) is 17.8 Å². The summed E-state index contributed by atoms with van der Waals surface area (Å²) in [5.74, 6) is 3.37. The fourth-order valence-electron chi connectivity index (χ4n) is 6.26. The normalized spacial score (nSPS) is 30.6. The molecule has 1 amide bonds. The SMILES string of the molecule is CC(Sc1ccc2nnc(-c3cccs3)n2n1)C(=O)NC12C[C@H]3C[C@H](C1)C[C@@H](C2)C3. The minimum absolute atomic E-state index is 0.0542. The van der Waals surface area contributed by atoms with Crippen LogP contribution in [-0.2, 0) is 4.79 Å². The summed E-state index contributed by atoms with van der Waals surface area (Å²) in [6.07, 6.45) is 7.68. The predicted molar refractivity (Wildman–Crippen MR) is 118 cm³/mol. The van der Waals surface area contributed by atoms with E-state index in [4.69, 9.17) is 5.10 Å². The van der Waals surface area contributed by atoms with Gasteiger partial charge in [0.05, 0.1) is 10.1 Å². The van der Waals surface area contributed by atoms with Crippen LogP contribution in [0.4, 0.5) is 0 Å². The molecule has 4 aliphatic carbocycles. The summed E-state index contributed by atoms with van der Waals surface area (Å²) >= 11 is 3.12. The Bertz CT molecular complexity index is 1060. The Kier molecular flexibility index (Phi) is 4.42. The first-order valence-corrected chi connectivity index (χ1v) is 12.6. The van der Waals surface area contributed by atoms with E-state index in [1.807, 2.05) is 36.6 Å². The number of rotatable bonds is 5. The Labute approximate surface area is 183 Å². The predicted octanol–water partition coefficient (Wildman–Crippen LogP) is 4.42. The van der Waals surface area contributed by atoms with E-state index in [9.17, 15) is 4.79 Å². The Morgan fingerprint density at radius 2 is 1.90 bits per heavy atom. The third kappa shape index (κ3) is 3.24. The highest BCUT2D eigenvalue weighted by Gasteiger charge is 2.51. The van der Waals surface area contributed by atoms with E-state index in [0.717, 1.165) is 33.5 Å². The maximum absolute atomic E-state index is 13.1. The molecule has 0 aromatic carbocycles. The number of hydrogen-bond donors (Lipinski definition) is 1. The van der Waals surface area contributed by atoms with Crippen LogP contribution in [0.25, 0.3) is 16.3 Å². The second-order valence-corrected chi connectivity index (χ2v) is 11.7. The average Bonchev–Trinajstić information content (AvgIpc) is 3.35. The van der Waals surface area contributed by atoms with Gasteiger partial charge in [-0.1, -0.05) is 17.8 Å². The lowest BCUT2D eigenvalue weighted by Crippen LogP contribution is -2.60. The van der Waals surface area contributed by atoms with Crippen molar-refractivity contribution in [3.05, 3.63) is 29.6 Å². The monoisotopic (exact) mass is 439 g/mol. The van der Waals surface area contributed by atoms with Crippen LogP contribution in [-0.4, -0.2) is 36.5 Å². The second kappa shape index (κ2) is 7.05. The van der Waals surface area contributed by atoms with Crippen LogP contribution in [0.15, 0.2) is 34.7 Å². The van der Waals surface area contributed by atoms with Crippen molar-refractivity contribution in [3.8, 4) is 10.7 Å². The second-order valence-electron chi connectivity index (χ2n) is 9.39. The summed E-state index contributed by atoms with van der Waals surface area (Å²) in [5, 5.41) is 19.4. The number of nitrogens with one attached hydrogen (secondary N) is 1. The van der Waals surface area contributed by atoms with Crippen molar-refractivity contribution in [2.45, 2.75) is 61.3 Å². The van der Waals surface area contributed by atoms with Gasteiger partial charge in [0.2, 0.25) is 5.91 Å². The van der Waals surface area contributed by atoms with E-state index in [1.165, 1.54) is 50.3 Å². The zero-order valence-corrected chi connectivity index (χ0v) is 18.6. The molecule has 3 heterocycles. The van der Waals surface area contributed by atoms with Gasteiger partial charge in [-0.15, -0.1) is 21.5 Å². The third-order valence-electron chi connectivity index (χ3n) is 7.07. The molecule has 4 fully saturated rings. The molecule has 1 N–H and O–H groups in total. The molecule has 156 valence electrons. The number of carbonyl (C=O) groups excluding carboxylic acids is 1. The maximum atomic E-state index is 13.1. The van der Waals surface area contributed by atoms with Gasteiger partial charge in [0.1, 0.15) is 5.03 Å². The quantitative estimate of drug-likeness (QED) is 0.596. The summed E-state index contributed by atoms with van der Waals surface area (Å²) in [5.41, 5.74) is 0.770. The van der Waals surface area contributed by atoms with E-state index >= 15 is 0 Å². The van der Waals surface area contributed by atoms with Gasteiger partial charge in [0, 0.05) is 5.54 Å². The Hall–Kier alpha value is -1.93. The number of amides is 1. The van der Waals surface area contributed by atoms with E-state index < -0.39 is 0 Å². The van der Waals surface area contributed by atoms with E-state index in [2.05, 4.69) is 15.5 Å². The topological polar surface area (TPSA) is 72.2 Å². The van der Waals surface area contributed by atoms with E-state index in [1.54, 1.807) is 15.9 Å². The molecule has 0 radical (unpaired) electrons. The van der Waals surface area contributed by atoms with Gasteiger partial charge in [0.25, 0.3) is 0 Å². The first kappa shape index (κ1) is 18.8. The van der Waals surface area contributed by atoms with Gasteiger partial charge in [-0.05, 0) is 86.8 Å². The summed E-state index contributed by atoms with van der Waals surface area (Å²) in [7, 11) is 0. The largest absolute Gasteiger partial charge is 0.350 e. The molecule has 30 heavy (non-hydrogen) atoms. The molecular formula is C22H25N5OS2. The fraction of sp³-hybridized carbons (Fsp3) is 0.545. The molecule has 0 spiro atoms. The number of thioether (sulfide) groups is 1. The zero-order chi connectivity index (χ0) is 20.3. The minimum Gasteiger partial charge on any atom is -0.350 e. The first-order chi connectivity index (χ1) is 14.6. The number of hydrogen-bond acceptors (Lipinski definition) is 6. The van der Waals surface area contributed by atoms with Gasteiger partial charge in [-0.2, -0.15) is 9.61 Å². The molecule has 7 rings (SSSR count). The number of fused-ring (bicyclic) bond motifs is 1.